The van der Waals surface area contributed by atoms with Gasteiger partial charge in [0.15, 0.2) is 0 Å². The highest BCUT2D eigenvalue weighted by molar-refractivity contribution is 7.86. The fourth-order valence-electron chi connectivity index (χ4n) is 3.93. The number of nitrogens with zero attached hydrogens (tertiary/aromatic N) is 3. The van der Waals surface area contributed by atoms with Gasteiger partial charge >= 0.3 is 13.7 Å². The van der Waals surface area contributed by atoms with E-state index in [9.17, 15) is 17.8 Å². The number of ether oxygens (including phenoxy) is 1. The summed E-state index contributed by atoms with van der Waals surface area (Å²) >= 11 is 0. The van der Waals surface area contributed by atoms with Crippen LogP contribution in [0.15, 0.2) is 16.8 Å². The highest BCUT2D eigenvalue weighted by Crippen LogP contribution is 2.47. The quantitative estimate of drug-likeness (QED) is 0.0781. The highest BCUT2D eigenvalue weighted by atomic mass is 32.2. The summed E-state index contributed by atoms with van der Waals surface area (Å²) in [6.07, 6.45) is 3.36. The van der Waals surface area contributed by atoms with E-state index < -0.39 is 41.9 Å². The average molecular weight is 525 g/mol. The molecule has 0 saturated carbocycles. The Labute approximate surface area is 202 Å². The minimum absolute atomic E-state index is 0.0617. The van der Waals surface area contributed by atoms with Gasteiger partial charge in [-0.2, -0.15) is 8.42 Å². The molecule has 0 fully saturated rings. The van der Waals surface area contributed by atoms with E-state index in [1.807, 2.05) is 6.92 Å². The molecule has 0 unspecified atom stereocenters. The first kappa shape index (κ1) is 30.6. The summed E-state index contributed by atoms with van der Waals surface area (Å²) in [6, 6.07) is -0.801. The second-order valence-corrected chi connectivity index (χ2v) is 11.2. The molecule has 196 valence electrons. The Kier molecular flexibility index (Phi) is 13.3. The minimum Gasteiger partial charge on any atom is -0.463 e. The van der Waals surface area contributed by atoms with E-state index in [1.165, 1.54) is 0 Å². The summed E-state index contributed by atoms with van der Waals surface area (Å²) in [5.74, 6) is -0.951. The SMILES string of the molecule is CCOC(=O)C1=C[C@@H](C[C@@H](CC)CCN=[N+]=[N-])[C@H](NP(=O)(OCC)OCC)[C@@H](OS(C)(=O)=O)C1. The van der Waals surface area contributed by atoms with Crippen molar-refractivity contribution in [1.29, 1.82) is 0 Å². The number of carbonyl (C=O) groups excluding carboxylic acids is 1. The van der Waals surface area contributed by atoms with Crippen molar-refractivity contribution in [3.8, 4) is 0 Å². The van der Waals surface area contributed by atoms with E-state index in [0.717, 1.165) is 12.7 Å². The molecule has 14 heteroatoms. The molecule has 0 aromatic carbocycles. The number of hydrogen-bond donors (Lipinski definition) is 1. The Morgan fingerprint density at radius 1 is 1.26 bits per heavy atom. The summed E-state index contributed by atoms with van der Waals surface area (Å²) in [4.78, 5) is 15.3. The second kappa shape index (κ2) is 14.8. The molecule has 1 aliphatic rings. The Morgan fingerprint density at radius 3 is 2.41 bits per heavy atom. The Bertz CT molecular complexity index is 881. The zero-order chi connectivity index (χ0) is 25.8. The number of rotatable bonds is 16. The highest BCUT2D eigenvalue weighted by Gasteiger charge is 2.43. The molecule has 1 aliphatic carbocycles. The molecule has 4 atom stereocenters. The molecule has 0 heterocycles. The van der Waals surface area contributed by atoms with Gasteiger partial charge in [-0.15, -0.1) is 0 Å². The van der Waals surface area contributed by atoms with E-state index in [2.05, 4.69) is 15.1 Å². The van der Waals surface area contributed by atoms with Gasteiger partial charge < -0.3 is 4.74 Å². The van der Waals surface area contributed by atoms with Gasteiger partial charge in [0, 0.05) is 23.5 Å². The molecule has 0 aromatic heterocycles. The molecule has 34 heavy (non-hydrogen) atoms. The standard InChI is InChI=1S/C20H37N4O8PS/c1-6-15(10-11-22-24-21)12-16-13-17(20(25)29-7-2)14-18(32-34(5,27)28)19(16)23-33(26,30-8-3)31-9-4/h13,15-16,18-19H,6-12,14H2,1-5H3,(H,23,26)/t15-,16+,18-,19-/m0/s1. The van der Waals surface area contributed by atoms with Crippen molar-refractivity contribution in [3.63, 3.8) is 0 Å². The molecule has 0 spiro atoms. The van der Waals surface area contributed by atoms with Crippen LogP contribution in [0, 0.1) is 11.8 Å². The fourth-order valence-corrected chi connectivity index (χ4v) is 6.19. The van der Waals surface area contributed by atoms with Crippen LogP contribution in [0.3, 0.4) is 0 Å². The van der Waals surface area contributed by atoms with Crippen LogP contribution in [-0.2, 0) is 37.4 Å². The summed E-state index contributed by atoms with van der Waals surface area (Å²) in [5.41, 5.74) is 8.87. The number of nitrogens with one attached hydrogen (secondary N) is 1. The lowest BCUT2D eigenvalue weighted by Gasteiger charge is -2.39. The van der Waals surface area contributed by atoms with Crippen LogP contribution >= 0.6 is 7.75 Å². The fraction of sp³-hybridized carbons (Fsp3) is 0.850. The van der Waals surface area contributed by atoms with E-state index in [4.69, 9.17) is 23.5 Å². The smallest absolute Gasteiger partial charge is 0.405 e. The van der Waals surface area contributed by atoms with Gasteiger partial charge in [0.05, 0.1) is 38.2 Å². The van der Waals surface area contributed by atoms with Crippen LogP contribution in [0.2, 0.25) is 0 Å². The molecule has 0 aliphatic heterocycles. The van der Waals surface area contributed by atoms with Crippen molar-refractivity contribution in [2.45, 2.75) is 65.5 Å². The lowest BCUT2D eigenvalue weighted by Crippen LogP contribution is -2.49. The maximum Gasteiger partial charge on any atom is 0.405 e. The molecule has 0 radical (unpaired) electrons. The van der Waals surface area contributed by atoms with E-state index >= 15 is 0 Å². The Balaban J connectivity index is 3.45. The van der Waals surface area contributed by atoms with Crippen molar-refractivity contribution < 1.29 is 35.7 Å². The zero-order valence-electron chi connectivity index (χ0n) is 20.5. The normalized spacial score (nSPS) is 21.9. The van der Waals surface area contributed by atoms with Crippen molar-refractivity contribution >= 4 is 23.8 Å². The van der Waals surface area contributed by atoms with Crippen LogP contribution in [0.25, 0.3) is 10.4 Å². The Morgan fingerprint density at radius 2 is 1.91 bits per heavy atom. The van der Waals surface area contributed by atoms with Gasteiger partial charge in [0.2, 0.25) is 0 Å². The summed E-state index contributed by atoms with van der Waals surface area (Å²) in [5, 5.41) is 6.49. The molecule has 1 N–H and O–H groups in total. The maximum absolute atomic E-state index is 13.3. The number of azide groups is 1. The van der Waals surface area contributed by atoms with Gasteiger partial charge in [-0.3, -0.25) is 13.2 Å². The monoisotopic (exact) mass is 524 g/mol. The third-order valence-corrected chi connectivity index (χ3v) is 7.73. The largest absolute Gasteiger partial charge is 0.463 e. The lowest BCUT2D eigenvalue weighted by atomic mass is 9.78. The van der Waals surface area contributed by atoms with E-state index in [-0.39, 0.29) is 37.7 Å². The van der Waals surface area contributed by atoms with E-state index in [0.29, 0.717) is 19.4 Å². The van der Waals surface area contributed by atoms with Crippen molar-refractivity contribution in [3.05, 3.63) is 22.1 Å². The summed E-state index contributed by atoms with van der Waals surface area (Å²) in [7, 11) is -7.72. The third kappa shape index (κ3) is 10.4. The number of carbonyl (C=O) groups is 1. The van der Waals surface area contributed by atoms with Gasteiger partial charge in [-0.25, -0.2) is 14.4 Å². The maximum atomic E-state index is 13.3. The van der Waals surface area contributed by atoms with Gasteiger partial charge in [-0.1, -0.05) is 24.5 Å². The van der Waals surface area contributed by atoms with Gasteiger partial charge in [-0.05, 0) is 51.0 Å². The predicted octanol–water partition coefficient (Wildman–Crippen LogP) is 4.10. The third-order valence-electron chi connectivity index (χ3n) is 5.32. The van der Waals surface area contributed by atoms with Crippen LogP contribution in [0.4, 0.5) is 0 Å². The first-order valence-electron chi connectivity index (χ1n) is 11.5. The van der Waals surface area contributed by atoms with E-state index in [1.54, 1.807) is 26.8 Å². The predicted molar refractivity (Wildman–Crippen MR) is 127 cm³/mol. The molecule has 0 saturated heterocycles. The van der Waals surface area contributed by atoms with Crippen LogP contribution < -0.4 is 5.09 Å². The molecule has 1 rings (SSSR count). The first-order valence-corrected chi connectivity index (χ1v) is 14.8. The summed E-state index contributed by atoms with van der Waals surface area (Å²) < 4.78 is 58.7. The molecule has 0 amide bonds. The second-order valence-electron chi connectivity index (χ2n) is 7.86. The first-order chi connectivity index (χ1) is 16.0. The van der Waals surface area contributed by atoms with Gasteiger partial charge in [0.1, 0.15) is 0 Å². The molecular formula is C20H37N4O8PS. The average Bonchev–Trinajstić information content (AvgIpc) is 2.74. The van der Waals surface area contributed by atoms with Gasteiger partial charge in [0.25, 0.3) is 10.1 Å². The van der Waals surface area contributed by atoms with Crippen molar-refractivity contribution in [1.82, 2.24) is 5.09 Å². The van der Waals surface area contributed by atoms with Crippen LogP contribution in [0.5, 0.6) is 0 Å². The van der Waals surface area contributed by atoms with Crippen molar-refractivity contribution in [2.24, 2.45) is 17.0 Å². The molecule has 0 aromatic rings. The van der Waals surface area contributed by atoms with Crippen LogP contribution in [0.1, 0.15) is 53.4 Å². The van der Waals surface area contributed by atoms with Crippen LogP contribution in [-0.4, -0.2) is 59.2 Å². The Hall–Kier alpha value is -1.46. The number of esters is 1. The zero-order valence-corrected chi connectivity index (χ0v) is 22.2. The summed E-state index contributed by atoms with van der Waals surface area (Å²) in [6.45, 7) is 7.66. The van der Waals surface area contributed by atoms with Crippen molar-refractivity contribution in [2.75, 3.05) is 32.6 Å². The topological polar surface area (TPSA) is 166 Å². The molecule has 12 nitrogen and oxygen atoms in total. The molecular weight excluding hydrogens is 487 g/mol. The number of hydrogen-bond acceptors (Lipinski definition) is 9. The lowest BCUT2D eigenvalue weighted by molar-refractivity contribution is -0.139. The minimum atomic E-state index is -3.92. The molecule has 0 bridgehead atoms.